The minimum atomic E-state index is -0.949. The molecule has 0 bridgehead atoms. The fourth-order valence-electron chi connectivity index (χ4n) is 4.13. The number of fused-ring (bicyclic) bond motifs is 1. The van der Waals surface area contributed by atoms with Gasteiger partial charge in [0, 0.05) is 31.3 Å². The average molecular weight is 490 g/mol. The van der Waals surface area contributed by atoms with Crippen molar-refractivity contribution >= 4 is 17.8 Å². The fourth-order valence-corrected chi connectivity index (χ4v) is 4.13. The maximum Gasteiger partial charge on any atom is 0.303 e. The highest BCUT2D eigenvalue weighted by molar-refractivity contribution is 5.96. The van der Waals surface area contributed by atoms with Crippen molar-refractivity contribution in [3.63, 3.8) is 0 Å². The van der Waals surface area contributed by atoms with E-state index in [2.05, 4.69) is 10.6 Å². The molecule has 2 aliphatic rings. The van der Waals surface area contributed by atoms with E-state index in [4.69, 9.17) is 9.84 Å². The molecule has 0 saturated heterocycles. The summed E-state index contributed by atoms with van der Waals surface area (Å²) in [6, 6.07) is 16.4. The van der Waals surface area contributed by atoms with E-state index >= 15 is 0 Å². The molecule has 186 valence electrons. The molecule has 36 heavy (non-hydrogen) atoms. The van der Waals surface area contributed by atoms with Crippen LogP contribution in [-0.2, 0) is 20.9 Å². The number of carboxylic acids is 1. The molecule has 9 nitrogen and oxygen atoms in total. The molecule has 4 rings (SSSR count). The molecule has 0 saturated carbocycles. The zero-order valence-corrected chi connectivity index (χ0v) is 19.7. The second-order valence-electron chi connectivity index (χ2n) is 8.43. The molecular weight excluding hydrogens is 462 g/mol. The number of hydrogen-bond donors (Lipinski definition) is 4. The predicted octanol–water partition coefficient (Wildman–Crippen LogP) is 2.94. The Kier molecular flexibility index (Phi) is 7.39. The highest BCUT2D eigenvalue weighted by atomic mass is 16.5. The van der Waals surface area contributed by atoms with E-state index < -0.39 is 17.8 Å². The van der Waals surface area contributed by atoms with Gasteiger partial charge >= 0.3 is 5.97 Å². The van der Waals surface area contributed by atoms with Gasteiger partial charge in [0.25, 0.3) is 5.91 Å². The first-order chi connectivity index (χ1) is 17.4. The van der Waals surface area contributed by atoms with E-state index in [0.717, 1.165) is 5.56 Å². The third kappa shape index (κ3) is 5.41. The van der Waals surface area contributed by atoms with Gasteiger partial charge in [-0.05, 0) is 29.7 Å². The SMILES string of the molecule is COc1ccc(C2C=C3C(=CN(Cc4ccccc4)C(C(=O)NCCCC(=O)O)=C3O)NC2=O)cc1. The van der Waals surface area contributed by atoms with Crippen LogP contribution in [0.4, 0.5) is 0 Å². The Balaban J connectivity index is 1.67. The Labute approximate surface area is 208 Å². The summed E-state index contributed by atoms with van der Waals surface area (Å²) >= 11 is 0. The number of nitrogens with zero attached hydrogens (tertiary/aromatic N) is 1. The van der Waals surface area contributed by atoms with Crippen LogP contribution in [0, 0.1) is 0 Å². The molecule has 2 aromatic rings. The monoisotopic (exact) mass is 489 g/mol. The lowest BCUT2D eigenvalue weighted by Crippen LogP contribution is -2.41. The van der Waals surface area contributed by atoms with Crippen molar-refractivity contribution in [1.82, 2.24) is 15.5 Å². The van der Waals surface area contributed by atoms with Crippen LogP contribution >= 0.6 is 0 Å². The van der Waals surface area contributed by atoms with Gasteiger partial charge in [0.1, 0.15) is 11.4 Å². The number of hydrogen-bond acceptors (Lipinski definition) is 6. The zero-order chi connectivity index (χ0) is 25.7. The van der Waals surface area contributed by atoms with Gasteiger partial charge in [-0.2, -0.15) is 0 Å². The van der Waals surface area contributed by atoms with Crippen molar-refractivity contribution in [1.29, 1.82) is 0 Å². The van der Waals surface area contributed by atoms with Crippen molar-refractivity contribution in [3.8, 4) is 5.75 Å². The molecule has 2 aromatic carbocycles. The lowest BCUT2D eigenvalue weighted by Gasteiger charge is -2.33. The van der Waals surface area contributed by atoms with Gasteiger partial charge in [0.2, 0.25) is 5.91 Å². The van der Waals surface area contributed by atoms with Gasteiger partial charge < -0.3 is 30.5 Å². The largest absolute Gasteiger partial charge is 0.505 e. The summed E-state index contributed by atoms with van der Waals surface area (Å²) in [6.07, 6.45) is 3.45. The van der Waals surface area contributed by atoms with Crippen LogP contribution in [0.1, 0.15) is 29.9 Å². The molecule has 0 spiro atoms. The van der Waals surface area contributed by atoms with Gasteiger partial charge in [-0.25, -0.2) is 0 Å². The van der Waals surface area contributed by atoms with E-state index in [-0.39, 0.29) is 43.3 Å². The Morgan fingerprint density at radius 1 is 1.11 bits per heavy atom. The van der Waals surface area contributed by atoms with Crippen LogP contribution < -0.4 is 15.4 Å². The van der Waals surface area contributed by atoms with Crippen molar-refractivity contribution in [2.24, 2.45) is 0 Å². The molecular formula is C27H27N3O6. The van der Waals surface area contributed by atoms with Crippen LogP contribution in [0.3, 0.4) is 0 Å². The van der Waals surface area contributed by atoms with Crippen LogP contribution in [0.15, 0.2) is 89.6 Å². The number of aliphatic carboxylic acids is 1. The number of aliphatic hydroxyl groups excluding tert-OH is 1. The van der Waals surface area contributed by atoms with E-state index in [1.807, 2.05) is 30.3 Å². The zero-order valence-electron chi connectivity index (χ0n) is 19.7. The summed E-state index contributed by atoms with van der Waals surface area (Å²) < 4.78 is 5.19. The molecule has 0 radical (unpaired) electrons. The summed E-state index contributed by atoms with van der Waals surface area (Å²) in [6.45, 7) is 0.416. The maximum atomic E-state index is 13.1. The summed E-state index contributed by atoms with van der Waals surface area (Å²) in [5, 5.41) is 25.7. The Bertz CT molecular complexity index is 1250. The standard InChI is InChI=1S/C27H27N3O6/c1-36-19-11-9-18(10-12-19)20-14-21-22(29-26(20)34)16-30(15-17-6-3-2-4-7-17)24(25(21)33)27(35)28-13-5-8-23(31)32/h2-4,6-7,9-12,14,16,20,33H,5,8,13,15H2,1H3,(H,28,35)(H,29,34)(H,31,32). The maximum absolute atomic E-state index is 13.1. The number of ether oxygens (including phenoxy) is 1. The second kappa shape index (κ2) is 10.8. The first-order valence-electron chi connectivity index (χ1n) is 11.5. The number of nitrogens with one attached hydrogen (secondary N) is 2. The number of amides is 2. The first-order valence-corrected chi connectivity index (χ1v) is 11.5. The number of rotatable bonds is 9. The number of carbonyl (C=O) groups is 3. The van der Waals surface area contributed by atoms with Crippen LogP contribution in [0.25, 0.3) is 0 Å². The van der Waals surface area contributed by atoms with Crippen molar-refractivity contribution < 1.29 is 29.3 Å². The van der Waals surface area contributed by atoms with E-state index in [1.54, 1.807) is 48.6 Å². The van der Waals surface area contributed by atoms with Crippen molar-refractivity contribution in [3.05, 3.63) is 101 Å². The molecule has 0 fully saturated rings. The molecule has 2 heterocycles. The highest BCUT2D eigenvalue weighted by Crippen LogP contribution is 2.35. The lowest BCUT2D eigenvalue weighted by atomic mass is 9.89. The Morgan fingerprint density at radius 2 is 1.83 bits per heavy atom. The molecule has 2 amide bonds. The van der Waals surface area contributed by atoms with Crippen LogP contribution in [0.5, 0.6) is 5.75 Å². The predicted molar refractivity (Wildman–Crippen MR) is 132 cm³/mol. The number of carboxylic acid groups (broad SMARTS) is 1. The number of methoxy groups -OCH3 is 1. The van der Waals surface area contributed by atoms with Crippen molar-refractivity contribution in [2.75, 3.05) is 13.7 Å². The summed E-state index contributed by atoms with van der Waals surface area (Å²) in [4.78, 5) is 38.5. The van der Waals surface area contributed by atoms with Crippen LogP contribution in [-0.4, -0.2) is 46.6 Å². The van der Waals surface area contributed by atoms with Crippen LogP contribution in [0.2, 0.25) is 0 Å². The third-order valence-electron chi connectivity index (χ3n) is 5.95. The smallest absolute Gasteiger partial charge is 0.303 e. The average Bonchev–Trinajstić information content (AvgIpc) is 2.87. The number of carbonyl (C=O) groups excluding carboxylic acids is 2. The summed E-state index contributed by atoms with van der Waals surface area (Å²) in [5.41, 5.74) is 2.35. The minimum Gasteiger partial charge on any atom is -0.505 e. The first kappa shape index (κ1) is 24.6. The molecule has 2 aliphatic heterocycles. The second-order valence-corrected chi connectivity index (χ2v) is 8.43. The highest BCUT2D eigenvalue weighted by Gasteiger charge is 2.35. The van der Waals surface area contributed by atoms with Gasteiger partial charge in [0.15, 0.2) is 5.76 Å². The lowest BCUT2D eigenvalue weighted by molar-refractivity contribution is -0.137. The topological polar surface area (TPSA) is 128 Å². The molecule has 9 heteroatoms. The number of benzene rings is 2. The van der Waals surface area contributed by atoms with Gasteiger partial charge in [-0.1, -0.05) is 48.5 Å². The molecule has 0 aliphatic carbocycles. The normalized spacial score (nSPS) is 17.0. The van der Waals surface area contributed by atoms with E-state index in [1.165, 1.54) is 0 Å². The van der Waals surface area contributed by atoms with Crippen molar-refractivity contribution in [2.45, 2.75) is 25.3 Å². The molecule has 1 atom stereocenters. The van der Waals surface area contributed by atoms with Gasteiger partial charge in [0.05, 0.1) is 18.7 Å². The minimum absolute atomic E-state index is 0.0220. The summed E-state index contributed by atoms with van der Waals surface area (Å²) in [5.74, 6) is -2.03. The quantitative estimate of drug-likeness (QED) is 0.399. The molecule has 0 aromatic heterocycles. The molecule has 4 N–H and O–H groups in total. The number of aliphatic hydroxyl groups is 1. The van der Waals surface area contributed by atoms with E-state index in [9.17, 15) is 19.5 Å². The molecule has 1 unspecified atom stereocenters. The van der Waals surface area contributed by atoms with Gasteiger partial charge in [-0.15, -0.1) is 0 Å². The summed E-state index contributed by atoms with van der Waals surface area (Å²) in [7, 11) is 1.56. The third-order valence-corrected chi connectivity index (χ3v) is 5.95. The van der Waals surface area contributed by atoms with Gasteiger partial charge in [-0.3, -0.25) is 14.4 Å². The van der Waals surface area contributed by atoms with E-state index in [0.29, 0.717) is 22.6 Å². The Hall–Kier alpha value is -4.53. The Morgan fingerprint density at radius 3 is 2.50 bits per heavy atom. The fraction of sp³-hybridized carbons (Fsp3) is 0.222.